The lowest BCUT2D eigenvalue weighted by Crippen LogP contribution is -2.27. The third kappa shape index (κ3) is 2.03. The van der Waals surface area contributed by atoms with E-state index in [0.717, 1.165) is 4.31 Å². The molecule has 0 bridgehead atoms. The summed E-state index contributed by atoms with van der Waals surface area (Å²) < 4.78 is 50.2. The number of anilines is 1. The molecular formula is C10H9F2NO4S. The molecule has 98 valence electrons. The summed E-state index contributed by atoms with van der Waals surface area (Å²) in [7, 11) is -3.64. The summed E-state index contributed by atoms with van der Waals surface area (Å²) in [6.45, 7) is 0.0632. The number of carboxylic acid groups (broad SMARTS) is 1. The van der Waals surface area contributed by atoms with Gasteiger partial charge in [0.25, 0.3) is 0 Å². The summed E-state index contributed by atoms with van der Waals surface area (Å²) in [5.74, 6) is -4.25. The Bertz CT molecular complexity index is 615. The summed E-state index contributed by atoms with van der Waals surface area (Å²) in [6.07, 6.45) is 0.320. The molecule has 0 spiro atoms. The van der Waals surface area contributed by atoms with Crippen LogP contribution in [0.25, 0.3) is 0 Å². The van der Waals surface area contributed by atoms with E-state index in [2.05, 4.69) is 0 Å². The summed E-state index contributed by atoms with van der Waals surface area (Å²) in [6, 6.07) is 1.09. The van der Waals surface area contributed by atoms with Crippen molar-refractivity contribution in [1.29, 1.82) is 0 Å². The number of hydrogen-bond acceptors (Lipinski definition) is 3. The van der Waals surface area contributed by atoms with Gasteiger partial charge >= 0.3 is 5.97 Å². The summed E-state index contributed by atoms with van der Waals surface area (Å²) in [5.41, 5.74) is -0.904. The first kappa shape index (κ1) is 12.7. The van der Waals surface area contributed by atoms with Gasteiger partial charge in [0.05, 0.1) is 17.0 Å². The largest absolute Gasteiger partial charge is 0.478 e. The maximum absolute atomic E-state index is 13.1. The third-order valence-electron chi connectivity index (χ3n) is 2.64. The van der Waals surface area contributed by atoms with Crippen LogP contribution in [0, 0.1) is 11.6 Å². The van der Waals surface area contributed by atoms with Gasteiger partial charge < -0.3 is 5.11 Å². The molecule has 0 aromatic heterocycles. The number of halogens is 2. The molecule has 1 aromatic carbocycles. The van der Waals surface area contributed by atoms with Gasteiger partial charge in [0, 0.05) is 12.6 Å². The van der Waals surface area contributed by atoms with Crippen molar-refractivity contribution in [2.75, 3.05) is 16.6 Å². The Morgan fingerprint density at radius 2 is 1.89 bits per heavy atom. The van der Waals surface area contributed by atoms with E-state index in [0.29, 0.717) is 18.6 Å². The number of hydrogen-bond donors (Lipinski definition) is 1. The molecule has 0 amide bonds. The monoisotopic (exact) mass is 277 g/mol. The Balaban J connectivity index is 2.63. The van der Waals surface area contributed by atoms with Crippen molar-refractivity contribution in [3.05, 3.63) is 29.3 Å². The minimum absolute atomic E-state index is 0.0632. The summed E-state index contributed by atoms with van der Waals surface area (Å²) >= 11 is 0. The Morgan fingerprint density at radius 1 is 1.28 bits per heavy atom. The van der Waals surface area contributed by atoms with Crippen molar-refractivity contribution in [2.45, 2.75) is 6.42 Å². The van der Waals surface area contributed by atoms with Crippen molar-refractivity contribution in [3.8, 4) is 0 Å². The molecule has 0 unspecified atom stereocenters. The third-order valence-corrected chi connectivity index (χ3v) is 4.49. The van der Waals surface area contributed by atoms with Gasteiger partial charge in [-0.15, -0.1) is 0 Å². The van der Waals surface area contributed by atoms with Crippen LogP contribution in [0.15, 0.2) is 12.1 Å². The van der Waals surface area contributed by atoms with Crippen molar-refractivity contribution in [2.24, 2.45) is 0 Å². The maximum atomic E-state index is 13.1. The van der Waals surface area contributed by atoms with Gasteiger partial charge in [0.15, 0.2) is 11.6 Å². The fourth-order valence-corrected chi connectivity index (χ4v) is 3.40. The van der Waals surface area contributed by atoms with Crippen LogP contribution in [0.3, 0.4) is 0 Å². The number of benzene rings is 1. The second kappa shape index (κ2) is 4.20. The van der Waals surface area contributed by atoms with Crippen LogP contribution in [-0.4, -0.2) is 31.8 Å². The normalized spacial score (nSPS) is 18.0. The van der Waals surface area contributed by atoms with Crippen LogP contribution in [0.5, 0.6) is 0 Å². The zero-order valence-corrected chi connectivity index (χ0v) is 9.88. The average molecular weight is 277 g/mol. The molecule has 0 aliphatic carbocycles. The van der Waals surface area contributed by atoms with Gasteiger partial charge in [-0.3, -0.25) is 4.31 Å². The molecule has 1 aliphatic heterocycles. The van der Waals surface area contributed by atoms with Crippen LogP contribution in [0.2, 0.25) is 0 Å². The van der Waals surface area contributed by atoms with Gasteiger partial charge in [-0.1, -0.05) is 0 Å². The van der Waals surface area contributed by atoms with Gasteiger partial charge in [0.1, 0.15) is 0 Å². The van der Waals surface area contributed by atoms with Crippen LogP contribution < -0.4 is 4.31 Å². The first-order valence-electron chi connectivity index (χ1n) is 5.05. The molecule has 2 rings (SSSR count). The SMILES string of the molecule is O=C(O)c1cc(F)c(F)cc1N1CCCS1(=O)=O. The molecule has 0 saturated carbocycles. The zero-order valence-electron chi connectivity index (χ0n) is 9.06. The number of aromatic carboxylic acids is 1. The molecule has 5 nitrogen and oxygen atoms in total. The number of rotatable bonds is 2. The van der Waals surface area contributed by atoms with Crippen LogP contribution in [0.1, 0.15) is 16.8 Å². The molecule has 0 atom stereocenters. The molecule has 8 heteroatoms. The standard InChI is InChI=1S/C10H9F2NO4S/c11-7-4-6(10(14)15)9(5-8(7)12)13-2-1-3-18(13,16)17/h4-5H,1-3H2,(H,14,15). The molecule has 1 N–H and O–H groups in total. The highest BCUT2D eigenvalue weighted by atomic mass is 32.2. The number of sulfonamides is 1. The molecule has 18 heavy (non-hydrogen) atoms. The van der Waals surface area contributed by atoms with Crippen molar-refractivity contribution < 1.29 is 27.1 Å². The molecule has 0 radical (unpaired) electrons. The van der Waals surface area contributed by atoms with E-state index in [1.807, 2.05) is 0 Å². The Hall–Kier alpha value is -1.70. The van der Waals surface area contributed by atoms with Crippen molar-refractivity contribution in [1.82, 2.24) is 0 Å². The van der Waals surface area contributed by atoms with E-state index in [4.69, 9.17) is 5.11 Å². The fourth-order valence-electron chi connectivity index (χ4n) is 1.82. The molecule has 1 saturated heterocycles. The topological polar surface area (TPSA) is 74.7 Å². The lowest BCUT2D eigenvalue weighted by Gasteiger charge is -2.19. The van der Waals surface area contributed by atoms with E-state index >= 15 is 0 Å². The first-order chi connectivity index (χ1) is 8.33. The van der Waals surface area contributed by atoms with E-state index < -0.39 is 33.2 Å². The van der Waals surface area contributed by atoms with Gasteiger partial charge in [-0.25, -0.2) is 22.0 Å². The Kier molecular flexibility index (Phi) is 2.97. The number of nitrogens with zero attached hydrogens (tertiary/aromatic N) is 1. The van der Waals surface area contributed by atoms with E-state index in [1.54, 1.807) is 0 Å². The van der Waals surface area contributed by atoms with Crippen molar-refractivity contribution in [3.63, 3.8) is 0 Å². The zero-order chi connectivity index (χ0) is 13.5. The van der Waals surface area contributed by atoms with E-state index in [-0.39, 0.29) is 18.0 Å². The summed E-state index contributed by atoms with van der Waals surface area (Å²) in [4.78, 5) is 10.9. The first-order valence-corrected chi connectivity index (χ1v) is 6.66. The average Bonchev–Trinajstić information content (AvgIpc) is 2.61. The van der Waals surface area contributed by atoms with Crippen LogP contribution in [0.4, 0.5) is 14.5 Å². The number of carbonyl (C=O) groups is 1. The van der Waals surface area contributed by atoms with Crippen LogP contribution >= 0.6 is 0 Å². The minimum Gasteiger partial charge on any atom is -0.478 e. The lowest BCUT2D eigenvalue weighted by atomic mass is 10.1. The molecule has 1 heterocycles. The Labute approximate surface area is 102 Å². The van der Waals surface area contributed by atoms with Crippen molar-refractivity contribution >= 4 is 21.7 Å². The van der Waals surface area contributed by atoms with Gasteiger partial charge in [0.2, 0.25) is 10.0 Å². The second-order valence-electron chi connectivity index (χ2n) is 3.83. The Morgan fingerprint density at radius 3 is 2.39 bits per heavy atom. The highest BCUT2D eigenvalue weighted by Crippen LogP contribution is 2.29. The van der Waals surface area contributed by atoms with Gasteiger partial charge in [-0.2, -0.15) is 0 Å². The highest BCUT2D eigenvalue weighted by molar-refractivity contribution is 7.93. The van der Waals surface area contributed by atoms with Crippen LogP contribution in [-0.2, 0) is 10.0 Å². The van der Waals surface area contributed by atoms with Gasteiger partial charge in [-0.05, 0) is 12.5 Å². The molecular weight excluding hydrogens is 268 g/mol. The smallest absolute Gasteiger partial charge is 0.337 e. The predicted octanol–water partition coefficient (Wildman–Crippen LogP) is 1.20. The summed E-state index contributed by atoms with van der Waals surface area (Å²) in [5, 5.41) is 8.90. The number of carboxylic acids is 1. The second-order valence-corrected chi connectivity index (χ2v) is 5.84. The van der Waals surface area contributed by atoms with E-state index in [1.165, 1.54) is 0 Å². The van der Waals surface area contributed by atoms with E-state index in [9.17, 15) is 22.0 Å². The predicted molar refractivity (Wildman–Crippen MR) is 59.1 cm³/mol. The quantitative estimate of drug-likeness (QED) is 0.881. The lowest BCUT2D eigenvalue weighted by molar-refractivity contribution is 0.0697. The minimum atomic E-state index is -3.64. The molecule has 1 aromatic rings. The fraction of sp³-hybridized carbons (Fsp3) is 0.300. The molecule has 1 fully saturated rings. The maximum Gasteiger partial charge on any atom is 0.337 e. The highest BCUT2D eigenvalue weighted by Gasteiger charge is 2.32. The molecule has 1 aliphatic rings.